The van der Waals surface area contributed by atoms with E-state index in [1.165, 1.54) is 29.5 Å². The molecule has 1 aromatic heterocycles. The molecule has 2 rings (SSSR count). The molecule has 0 bridgehead atoms. The van der Waals surface area contributed by atoms with Gasteiger partial charge in [0.15, 0.2) is 15.8 Å². The number of nitrogens with one attached hydrogen (secondary N) is 2. The van der Waals surface area contributed by atoms with Crippen molar-refractivity contribution in [2.45, 2.75) is 25.3 Å². The SMILES string of the molecule is CCNC(=NCc1cc(F)ccc1CS(C)(=O)=O)NCC(O)c1ccc(Cl)s1. The summed E-state index contributed by atoms with van der Waals surface area (Å²) in [6.45, 7) is 2.79. The summed E-state index contributed by atoms with van der Waals surface area (Å²) in [4.78, 5) is 5.12. The number of halogens is 2. The van der Waals surface area contributed by atoms with E-state index in [0.717, 1.165) is 11.1 Å². The van der Waals surface area contributed by atoms with E-state index >= 15 is 0 Å². The zero-order valence-corrected chi connectivity index (χ0v) is 18.0. The smallest absolute Gasteiger partial charge is 0.191 e. The maximum Gasteiger partial charge on any atom is 0.191 e. The largest absolute Gasteiger partial charge is 0.386 e. The third-order valence-electron chi connectivity index (χ3n) is 3.72. The lowest BCUT2D eigenvalue weighted by molar-refractivity contribution is 0.184. The number of aliphatic imine (C=N–C) groups is 1. The molecule has 1 unspecified atom stereocenters. The Hall–Kier alpha value is -1.68. The average molecular weight is 448 g/mol. The highest BCUT2D eigenvalue weighted by atomic mass is 35.5. The molecule has 0 amide bonds. The van der Waals surface area contributed by atoms with E-state index in [-0.39, 0.29) is 18.8 Å². The summed E-state index contributed by atoms with van der Waals surface area (Å²) >= 11 is 7.18. The van der Waals surface area contributed by atoms with Crippen molar-refractivity contribution in [1.29, 1.82) is 0 Å². The summed E-state index contributed by atoms with van der Waals surface area (Å²) in [6.07, 6.45) is 0.379. The van der Waals surface area contributed by atoms with Gasteiger partial charge < -0.3 is 15.7 Å². The van der Waals surface area contributed by atoms with Crippen LogP contribution in [0.4, 0.5) is 4.39 Å². The van der Waals surface area contributed by atoms with E-state index in [4.69, 9.17) is 11.6 Å². The molecule has 0 aliphatic heterocycles. The molecule has 10 heteroatoms. The van der Waals surface area contributed by atoms with E-state index in [9.17, 15) is 17.9 Å². The molecule has 0 radical (unpaired) electrons. The van der Waals surface area contributed by atoms with Crippen molar-refractivity contribution in [1.82, 2.24) is 10.6 Å². The summed E-state index contributed by atoms with van der Waals surface area (Å²) in [5, 5.41) is 16.3. The van der Waals surface area contributed by atoms with E-state index < -0.39 is 21.8 Å². The van der Waals surface area contributed by atoms with Crippen LogP contribution in [0, 0.1) is 5.82 Å². The monoisotopic (exact) mass is 447 g/mol. The maximum atomic E-state index is 13.6. The quantitative estimate of drug-likeness (QED) is 0.427. The van der Waals surface area contributed by atoms with Crippen LogP contribution < -0.4 is 10.6 Å². The Morgan fingerprint density at radius 1 is 1.29 bits per heavy atom. The number of rotatable bonds is 8. The van der Waals surface area contributed by atoms with Crippen molar-refractivity contribution in [2.24, 2.45) is 4.99 Å². The lowest BCUT2D eigenvalue weighted by Gasteiger charge is -2.15. The van der Waals surface area contributed by atoms with Crippen molar-refractivity contribution in [3.8, 4) is 0 Å². The normalized spacial score (nSPS) is 13.4. The lowest BCUT2D eigenvalue weighted by Crippen LogP contribution is -2.39. The van der Waals surface area contributed by atoms with Crippen LogP contribution in [0.5, 0.6) is 0 Å². The first-order valence-electron chi connectivity index (χ1n) is 8.58. The van der Waals surface area contributed by atoms with Gasteiger partial charge in [-0.1, -0.05) is 17.7 Å². The predicted molar refractivity (Wildman–Crippen MR) is 112 cm³/mol. The number of aliphatic hydroxyl groups is 1. The Morgan fingerprint density at radius 3 is 2.64 bits per heavy atom. The summed E-state index contributed by atoms with van der Waals surface area (Å²) < 4.78 is 37.4. The Morgan fingerprint density at radius 2 is 2.04 bits per heavy atom. The molecule has 0 aliphatic carbocycles. The minimum atomic E-state index is -3.26. The molecule has 0 spiro atoms. The Balaban J connectivity index is 2.10. The third kappa shape index (κ3) is 7.38. The van der Waals surface area contributed by atoms with Gasteiger partial charge in [-0.3, -0.25) is 0 Å². The standard InChI is InChI=1S/C18H23ClFN3O3S2/c1-3-21-18(23-10-15(24)16-6-7-17(19)27-16)22-9-13-8-14(20)5-4-12(13)11-28(2,25)26/h4-8,15,24H,3,9-11H2,1-2H3,(H2,21,22,23). The number of hydrogen-bond acceptors (Lipinski definition) is 5. The fourth-order valence-corrected chi connectivity index (χ4v) is 4.37. The molecule has 1 heterocycles. The fourth-order valence-electron chi connectivity index (χ4n) is 2.47. The maximum absolute atomic E-state index is 13.6. The second-order valence-corrected chi connectivity index (χ2v) is 10.1. The first-order chi connectivity index (χ1) is 13.2. The van der Waals surface area contributed by atoms with Crippen molar-refractivity contribution in [3.63, 3.8) is 0 Å². The van der Waals surface area contributed by atoms with Crippen molar-refractivity contribution >= 4 is 38.7 Å². The molecule has 1 atom stereocenters. The van der Waals surface area contributed by atoms with E-state index in [2.05, 4.69) is 15.6 Å². The van der Waals surface area contributed by atoms with E-state index in [1.54, 1.807) is 12.1 Å². The number of thiophene rings is 1. The number of guanidine groups is 1. The molecule has 3 N–H and O–H groups in total. The van der Waals surface area contributed by atoms with Crippen LogP contribution in [0.1, 0.15) is 29.0 Å². The number of benzene rings is 1. The van der Waals surface area contributed by atoms with E-state index in [1.807, 2.05) is 6.92 Å². The van der Waals surface area contributed by atoms with Gasteiger partial charge in [0.2, 0.25) is 0 Å². The summed E-state index contributed by atoms with van der Waals surface area (Å²) in [5.41, 5.74) is 1.00. The van der Waals surface area contributed by atoms with Crippen LogP contribution >= 0.6 is 22.9 Å². The van der Waals surface area contributed by atoms with Crippen LogP contribution in [0.3, 0.4) is 0 Å². The Labute approximate surface area is 173 Å². The minimum absolute atomic E-state index is 0.0961. The van der Waals surface area contributed by atoms with Crippen molar-refractivity contribution in [2.75, 3.05) is 19.3 Å². The van der Waals surface area contributed by atoms with Gasteiger partial charge in [0.25, 0.3) is 0 Å². The zero-order valence-electron chi connectivity index (χ0n) is 15.6. The average Bonchev–Trinajstić information content (AvgIpc) is 3.04. The van der Waals surface area contributed by atoms with Gasteiger partial charge in [-0.05, 0) is 42.3 Å². The molecule has 0 fully saturated rings. The Bertz CT molecular complexity index is 932. The highest BCUT2D eigenvalue weighted by Crippen LogP contribution is 2.26. The molecule has 1 aromatic carbocycles. The van der Waals surface area contributed by atoms with Gasteiger partial charge in [0.1, 0.15) is 11.9 Å². The highest BCUT2D eigenvalue weighted by molar-refractivity contribution is 7.89. The highest BCUT2D eigenvalue weighted by Gasteiger charge is 2.13. The fraction of sp³-hybridized carbons (Fsp3) is 0.389. The molecule has 6 nitrogen and oxygen atoms in total. The summed E-state index contributed by atoms with van der Waals surface area (Å²) in [7, 11) is -3.26. The van der Waals surface area contributed by atoms with Crippen molar-refractivity contribution < 1.29 is 17.9 Å². The zero-order chi connectivity index (χ0) is 20.7. The topological polar surface area (TPSA) is 90.8 Å². The minimum Gasteiger partial charge on any atom is -0.386 e. The molecule has 2 aromatic rings. The van der Waals surface area contributed by atoms with Crippen LogP contribution in [0.15, 0.2) is 35.3 Å². The number of aliphatic hydroxyl groups excluding tert-OH is 1. The van der Waals surface area contributed by atoms with Gasteiger partial charge in [-0.2, -0.15) is 0 Å². The Kier molecular flexibility index (Phi) is 8.23. The van der Waals surface area contributed by atoms with Gasteiger partial charge in [0, 0.05) is 24.2 Å². The van der Waals surface area contributed by atoms with Crippen LogP contribution in [0.2, 0.25) is 4.34 Å². The number of hydrogen-bond donors (Lipinski definition) is 3. The summed E-state index contributed by atoms with van der Waals surface area (Å²) in [6, 6.07) is 7.46. The van der Waals surface area contributed by atoms with Gasteiger partial charge in [-0.15, -0.1) is 11.3 Å². The number of nitrogens with zero attached hydrogens (tertiary/aromatic N) is 1. The molecule has 0 aliphatic rings. The first kappa shape index (κ1) is 22.6. The molecule has 0 saturated heterocycles. The molecule has 28 heavy (non-hydrogen) atoms. The molecular formula is C18H23ClFN3O3S2. The second-order valence-electron chi connectivity index (χ2n) is 6.22. The van der Waals surface area contributed by atoms with Gasteiger partial charge in [0.05, 0.1) is 16.6 Å². The summed E-state index contributed by atoms with van der Waals surface area (Å²) in [5.74, 6) is -0.205. The molecule has 154 valence electrons. The second kappa shape index (κ2) is 10.2. The first-order valence-corrected chi connectivity index (χ1v) is 11.8. The molecular weight excluding hydrogens is 425 g/mol. The lowest BCUT2D eigenvalue weighted by atomic mass is 10.1. The predicted octanol–water partition coefficient (Wildman–Crippen LogP) is 2.87. The van der Waals surface area contributed by atoms with E-state index in [0.29, 0.717) is 28.0 Å². The third-order valence-corrected chi connectivity index (χ3v) is 5.89. The van der Waals surface area contributed by atoms with Crippen LogP contribution in [-0.2, 0) is 22.1 Å². The van der Waals surface area contributed by atoms with Gasteiger partial charge in [-0.25, -0.2) is 17.8 Å². The van der Waals surface area contributed by atoms with Crippen LogP contribution in [0.25, 0.3) is 0 Å². The molecule has 0 saturated carbocycles. The van der Waals surface area contributed by atoms with Crippen LogP contribution in [-0.4, -0.2) is 38.8 Å². The number of sulfone groups is 1. The van der Waals surface area contributed by atoms with Crippen molar-refractivity contribution in [3.05, 3.63) is 56.5 Å². The van der Waals surface area contributed by atoms with Gasteiger partial charge >= 0.3 is 0 Å².